The van der Waals surface area contributed by atoms with Gasteiger partial charge in [-0.05, 0) is 37.1 Å². The fourth-order valence-electron chi connectivity index (χ4n) is 2.96. The van der Waals surface area contributed by atoms with Gasteiger partial charge in [0.15, 0.2) is 0 Å². The third-order valence-corrected chi connectivity index (χ3v) is 5.45. The van der Waals surface area contributed by atoms with Crippen LogP contribution in [-0.2, 0) is 10.1 Å². The van der Waals surface area contributed by atoms with Crippen molar-refractivity contribution in [1.82, 2.24) is 0 Å². The highest BCUT2D eigenvalue weighted by Gasteiger charge is 2.13. The van der Waals surface area contributed by atoms with E-state index in [1.165, 1.54) is 63.9 Å². The normalized spacial score (nSPS) is 11.6. The SMILES string of the molecule is CCCCCCCCCCCCCOc1ccc(S(=O)(=O)O)c(C)c1. The van der Waals surface area contributed by atoms with E-state index in [0.29, 0.717) is 17.9 Å². The quantitative estimate of drug-likeness (QED) is 0.325. The molecule has 0 heterocycles. The van der Waals surface area contributed by atoms with E-state index in [-0.39, 0.29) is 4.90 Å². The highest BCUT2D eigenvalue weighted by molar-refractivity contribution is 7.85. The van der Waals surface area contributed by atoms with Crippen molar-refractivity contribution >= 4 is 10.1 Å². The van der Waals surface area contributed by atoms with Crippen LogP contribution in [0.1, 0.15) is 83.1 Å². The molecule has 1 aromatic carbocycles. The van der Waals surface area contributed by atoms with E-state index >= 15 is 0 Å². The Morgan fingerprint density at radius 1 is 0.880 bits per heavy atom. The first kappa shape index (κ1) is 22.0. The molecular formula is C20H34O4S. The lowest BCUT2D eigenvalue weighted by Gasteiger charge is -2.09. The Morgan fingerprint density at radius 3 is 1.88 bits per heavy atom. The molecule has 0 aliphatic heterocycles. The molecule has 144 valence electrons. The third-order valence-electron chi connectivity index (χ3n) is 4.44. The van der Waals surface area contributed by atoms with Gasteiger partial charge in [-0.25, -0.2) is 0 Å². The third kappa shape index (κ3) is 9.85. The van der Waals surface area contributed by atoms with Gasteiger partial charge in [0.1, 0.15) is 5.75 Å². The minimum atomic E-state index is -4.15. The summed E-state index contributed by atoms with van der Waals surface area (Å²) in [5.74, 6) is 0.650. The van der Waals surface area contributed by atoms with Gasteiger partial charge >= 0.3 is 0 Å². The van der Waals surface area contributed by atoms with Crippen molar-refractivity contribution < 1.29 is 17.7 Å². The van der Waals surface area contributed by atoms with Gasteiger partial charge in [0.2, 0.25) is 0 Å². The smallest absolute Gasteiger partial charge is 0.294 e. The molecule has 0 amide bonds. The number of unbranched alkanes of at least 4 members (excludes halogenated alkanes) is 10. The average Bonchev–Trinajstić information content (AvgIpc) is 2.54. The van der Waals surface area contributed by atoms with Gasteiger partial charge in [-0.1, -0.05) is 71.1 Å². The summed E-state index contributed by atoms with van der Waals surface area (Å²) in [6.45, 7) is 4.54. The highest BCUT2D eigenvalue weighted by atomic mass is 32.2. The maximum absolute atomic E-state index is 11.2. The second kappa shape index (κ2) is 12.3. The molecule has 0 saturated carbocycles. The Kier molecular flexibility index (Phi) is 10.8. The minimum absolute atomic E-state index is 0.0606. The van der Waals surface area contributed by atoms with Crippen LogP contribution in [0.4, 0.5) is 0 Å². The Hall–Kier alpha value is -1.07. The fraction of sp³-hybridized carbons (Fsp3) is 0.700. The van der Waals surface area contributed by atoms with E-state index in [1.54, 1.807) is 19.1 Å². The van der Waals surface area contributed by atoms with E-state index < -0.39 is 10.1 Å². The first-order valence-electron chi connectivity index (χ1n) is 9.66. The Labute approximate surface area is 153 Å². The van der Waals surface area contributed by atoms with Gasteiger partial charge in [0, 0.05) is 0 Å². The van der Waals surface area contributed by atoms with Gasteiger partial charge in [0.05, 0.1) is 11.5 Å². The molecule has 0 saturated heterocycles. The molecule has 0 aliphatic carbocycles. The molecule has 0 fully saturated rings. The van der Waals surface area contributed by atoms with Crippen LogP contribution in [0.25, 0.3) is 0 Å². The summed E-state index contributed by atoms with van der Waals surface area (Å²) in [6.07, 6.45) is 14.3. The zero-order valence-electron chi connectivity index (χ0n) is 15.8. The standard InChI is InChI=1S/C20H34O4S/c1-3-4-5-6-7-8-9-10-11-12-13-16-24-19-14-15-20(18(2)17-19)25(21,22)23/h14-15,17H,3-13,16H2,1-2H3,(H,21,22,23). The fourth-order valence-corrected chi connectivity index (χ4v) is 3.66. The lowest BCUT2D eigenvalue weighted by atomic mass is 10.1. The van der Waals surface area contributed by atoms with Crippen LogP contribution < -0.4 is 4.74 Å². The number of rotatable bonds is 14. The molecule has 1 N–H and O–H groups in total. The molecule has 0 radical (unpaired) electrons. The lowest BCUT2D eigenvalue weighted by Crippen LogP contribution is -2.02. The first-order valence-corrected chi connectivity index (χ1v) is 11.1. The number of benzene rings is 1. The predicted molar refractivity (Wildman–Crippen MR) is 103 cm³/mol. The minimum Gasteiger partial charge on any atom is -0.494 e. The Bertz CT molecular complexity index is 581. The van der Waals surface area contributed by atoms with Gasteiger partial charge in [-0.3, -0.25) is 4.55 Å². The predicted octanol–water partition coefficient (Wildman–Crippen LogP) is 5.93. The Balaban J connectivity index is 2.06. The van der Waals surface area contributed by atoms with Crippen molar-refractivity contribution in [2.75, 3.05) is 6.61 Å². The number of ether oxygens (including phenoxy) is 1. The molecule has 4 nitrogen and oxygen atoms in total. The first-order chi connectivity index (χ1) is 11.9. The van der Waals surface area contributed by atoms with E-state index in [1.807, 2.05) is 0 Å². The average molecular weight is 371 g/mol. The molecule has 0 spiro atoms. The van der Waals surface area contributed by atoms with Crippen molar-refractivity contribution in [2.45, 2.75) is 89.4 Å². The Morgan fingerprint density at radius 2 is 1.40 bits per heavy atom. The van der Waals surface area contributed by atoms with Crippen LogP contribution in [0.15, 0.2) is 23.1 Å². The van der Waals surface area contributed by atoms with Gasteiger partial charge in [0.25, 0.3) is 10.1 Å². The largest absolute Gasteiger partial charge is 0.494 e. The van der Waals surface area contributed by atoms with Gasteiger partial charge in [-0.15, -0.1) is 0 Å². The summed E-state index contributed by atoms with van der Waals surface area (Å²) in [4.78, 5) is -0.0606. The van der Waals surface area contributed by atoms with Crippen molar-refractivity contribution in [1.29, 1.82) is 0 Å². The van der Waals surface area contributed by atoms with Crippen molar-refractivity contribution in [3.05, 3.63) is 23.8 Å². The molecule has 0 unspecified atom stereocenters. The molecule has 1 rings (SSSR count). The van der Waals surface area contributed by atoms with Crippen molar-refractivity contribution in [3.8, 4) is 5.75 Å². The van der Waals surface area contributed by atoms with E-state index in [9.17, 15) is 8.42 Å². The van der Waals surface area contributed by atoms with Crippen LogP contribution in [0.3, 0.4) is 0 Å². The number of hydrogen-bond donors (Lipinski definition) is 1. The maximum atomic E-state index is 11.2. The molecule has 25 heavy (non-hydrogen) atoms. The van der Waals surface area contributed by atoms with Gasteiger partial charge in [-0.2, -0.15) is 8.42 Å². The summed E-state index contributed by atoms with van der Waals surface area (Å²) in [7, 11) is -4.15. The maximum Gasteiger partial charge on any atom is 0.294 e. The second-order valence-electron chi connectivity index (χ2n) is 6.79. The van der Waals surface area contributed by atoms with Crippen molar-refractivity contribution in [2.24, 2.45) is 0 Å². The molecule has 0 aliphatic rings. The molecule has 1 aromatic rings. The molecule has 0 aromatic heterocycles. The summed E-state index contributed by atoms with van der Waals surface area (Å²) in [6, 6.07) is 4.64. The van der Waals surface area contributed by atoms with Crippen LogP contribution in [0.5, 0.6) is 5.75 Å². The van der Waals surface area contributed by atoms with E-state index in [2.05, 4.69) is 6.92 Å². The zero-order valence-corrected chi connectivity index (χ0v) is 16.6. The summed E-state index contributed by atoms with van der Waals surface area (Å²) in [5.41, 5.74) is 0.499. The second-order valence-corrected chi connectivity index (χ2v) is 8.18. The van der Waals surface area contributed by atoms with E-state index in [4.69, 9.17) is 9.29 Å². The molecule has 0 bridgehead atoms. The lowest BCUT2D eigenvalue weighted by molar-refractivity contribution is 0.304. The number of aryl methyl sites for hydroxylation is 1. The van der Waals surface area contributed by atoms with Crippen LogP contribution >= 0.6 is 0 Å². The number of hydrogen-bond acceptors (Lipinski definition) is 3. The zero-order chi connectivity index (χ0) is 18.5. The summed E-state index contributed by atoms with van der Waals surface area (Å²) < 4.78 is 37.0. The van der Waals surface area contributed by atoms with Crippen molar-refractivity contribution in [3.63, 3.8) is 0 Å². The van der Waals surface area contributed by atoms with Crippen LogP contribution in [0.2, 0.25) is 0 Å². The molecule has 0 atom stereocenters. The van der Waals surface area contributed by atoms with Crippen LogP contribution in [-0.4, -0.2) is 19.6 Å². The van der Waals surface area contributed by atoms with Gasteiger partial charge < -0.3 is 4.74 Å². The molecular weight excluding hydrogens is 336 g/mol. The topological polar surface area (TPSA) is 63.6 Å². The summed E-state index contributed by atoms with van der Waals surface area (Å²) >= 11 is 0. The molecule has 5 heteroatoms. The summed E-state index contributed by atoms with van der Waals surface area (Å²) in [5, 5.41) is 0. The van der Waals surface area contributed by atoms with E-state index in [0.717, 1.165) is 12.8 Å². The van der Waals surface area contributed by atoms with Crippen LogP contribution in [0, 0.1) is 6.92 Å². The highest BCUT2D eigenvalue weighted by Crippen LogP contribution is 2.21. The monoisotopic (exact) mass is 370 g/mol.